The van der Waals surface area contributed by atoms with Gasteiger partial charge in [0.25, 0.3) is 5.91 Å². The Labute approximate surface area is 174 Å². The number of tetrazole rings is 1. The van der Waals surface area contributed by atoms with Crippen LogP contribution in [0.2, 0.25) is 0 Å². The highest BCUT2D eigenvalue weighted by molar-refractivity contribution is 5.94. The zero-order valence-corrected chi connectivity index (χ0v) is 16.6. The Bertz CT molecular complexity index is 1140. The second kappa shape index (κ2) is 8.04. The van der Waals surface area contributed by atoms with Crippen LogP contribution in [0.25, 0.3) is 16.5 Å². The lowest BCUT2D eigenvalue weighted by atomic mass is 10.0. The average molecular weight is 398 g/mol. The third-order valence-corrected chi connectivity index (χ3v) is 5.66. The zero-order valence-electron chi connectivity index (χ0n) is 16.6. The van der Waals surface area contributed by atoms with Crippen LogP contribution in [-0.4, -0.2) is 62.1 Å². The van der Waals surface area contributed by atoms with Crippen LogP contribution < -0.4 is 0 Å². The van der Waals surface area contributed by atoms with E-state index in [1.807, 2.05) is 29.2 Å². The van der Waals surface area contributed by atoms with Gasteiger partial charge in [-0.2, -0.15) is 0 Å². The Morgan fingerprint density at radius 2 is 1.63 bits per heavy atom. The van der Waals surface area contributed by atoms with Gasteiger partial charge in [-0.15, -0.1) is 5.10 Å². The van der Waals surface area contributed by atoms with E-state index in [9.17, 15) is 4.79 Å². The summed E-state index contributed by atoms with van der Waals surface area (Å²) in [5.41, 5.74) is 2.86. The van der Waals surface area contributed by atoms with E-state index >= 15 is 0 Å². The van der Waals surface area contributed by atoms with Crippen LogP contribution in [-0.2, 0) is 6.54 Å². The molecule has 0 bridgehead atoms. The highest BCUT2D eigenvalue weighted by Gasteiger charge is 2.22. The van der Waals surface area contributed by atoms with Gasteiger partial charge in [-0.3, -0.25) is 9.69 Å². The summed E-state index contributed by atoms with van der Waals surface area (Å²) in [5.74, 6) is 0.0723. The molecule has 30 heavy (non-hydrogen) atoms. The second-order valence-electron chi connectivity index (χ2n) is 7.51. The molecule has 7 nitrogen and oxygen atoms in total. The Morgan fingerprint density at radius 3 is 2.40 bits per heavy atom. The number of piperazine rings is 1. The Balaban J connectivity index is 1.22. The summed E-state index contributed by atoms with van der Waals surface area (Å²) in [5, 5.41) is 13.7. The third kappa shape index (κ3) is 3.67. The molecule has 5 rings (SSSR count). The molecule has 0 unspecified atom stereocenters. The standard InChI is InChI=1S/C23H22N6O/c30-23(19-8-10-21(11-9-19)29-17-24-25-26-29)28-14-12-27(13-15-28)16-20-6-3-5-18-4-1-2-7-22(18)20/h1-11,17H,12-16H2. The van der Waals surface area contributed by atoms with Crippen molar-refractivity contribution in [3.8, 4) is 5.69 Å². The van der Waals surface area contributed by atoms with Gasteiger partial charge in [0.05, 0.1) is 5.69 Å². The fourth-order valence-corrected chi connectivity index (χ4v) is 4.00. The molecule has 1 saturated heterocycles. The number of benzene rings is 3. The van der Waals surface area contributed by atoms with Crippen LogP contribution >= 0.6 is 0 Å². The van der Waals surface area contributed by atoms with E-state index in [-0.39, 0.29) is 5.91 Å². The molecule has 0 radical (unpaired) electrons. The minimum atomic E-state index is 0.0723. The number of fused-ring (bicyclic) bond motifs is 1. The highest BCUT2D eigenvalue weighted by atomic mass is 16.2. The summed E-state index contributed by atoms with van der Waals surface area (Å²) in [7, 11) is 0. The van der Waals surface area contributed by atoms with Gasteiger partial charge >= 0.3 is 0 Å². The summed E-state index contributed by atoms with van der Waals surface area (Å²) in [6, 6.07) is 22.4. The molecule has 150 valence electrons. The van der Waals surface area contributed by atoms with E-state index in [1.54, 1.807) is 4.68 Å². The van der Waals surface area contributed by atoms with Crippen LogP contribution in [0.5, 0.6) is 0 Å². The number of aromatic nitrogens is 4. The maximum Gasteiger partial charge on any atom is 0.253 e. The normalized spacial score (nSPS) is 14.9. The first kappa shape index (κ1) is 18.4. The molecule has 7 heteroatoms. The number of carbonyl (C=O) groups excluding carboxylic acids is 1. The van der Waals surface area contributed by atoms with Crippen molar-refractivity contribution in [1.29, 1.82) is 0 Å². The third-order valence-electron chi connectivity index (χ3n) is 5.66. The van der Waals surface area contributed by atoms with E-state index in [0.717, 1.165) is 38.4 Å². The van der Waals surface area contributed by atoms with Crippen molar-refractivity contribution in [2.75, 3.05) is 26.2 Å². The topological polar surface area (TPSA) is 67.2 Å². The molecule has 1 aliphatic heterocycles. The van der Waals surface area contributed by atoms with Gasteiger partial charge in [-0.05, 0) is 51.0 Å². The number of carbonyl (C=O) groups is 1. The van der Waals surface area contributed by atoms with E-state index in [0.29, 0.717) is 5.56 Å². The lowest BCUT2D eigenvalue weighted by Crippen LogP contribution is -2.48. The Kier molecular flexibility index (Phi) is 4.94. The molecule has 0 N–H and O–H groups in total. The number of rotatable bonds is 4. The van der Waals surface area contributed by atoms with Crippen molar-refractivity contribution in [3.05, 3.63) is 84.2 Å². The van der Waals surface area contributed by atoms with Crippen molar-refractivity contribution in [2.24, 2.45) is 0 Å². The molecule has 0 saturated carbocycles. The molecule has 1 fully saturated rings. The van der Waals surface area contributed by atoms with Crippen molar-refractivity contribution in [1.82, 2.24) is 30.0 Å². The van der Waals surface area contributed by atoms with Gasteiger partial charge < -0.3 is 4.90 Å². The molecule has 0 atom stereocenters. The average Bonchev–Trinajstić information content (AvgIpc) is 3.35. The monoisotopic (exact) mass is 398 g/mol. The van der Waals surface area contributed by atoms with Gasteiger partial charge in [0.2, 0.25) is 0 Å². The van der Waals surface area contributed by atoms with Gasteiger partial charge in [0.1, 0.15) is 6.33 Å². The largest absolute Gasteiger partial charge is 0.336 e. The quantitative estimate of drug-likeness (QED) is 0.529. The number of hydrogen-bond acceptors (Lipinski definition) is 5. The van der Waals surface area contributed by atoms with Crippen molar-refractivity contribution in [3.63, 3.8) is 0 Å². The van der Waals surface area contributed by atoms with E-state index in [2.05, 4.69) is 62.9 Å². The molecule has 3 aromatic carbocycles. The molecule has 2 heterocycles. The minimum absolute atomic E-state index is 0.0723. The number of hydrogen-bond donors (Lipinski definition) is 0. The summed E-state index contributed by atoms with van der Waals surface area (Å²) in [6.07, 6.45) is 1.53. The molecular formula is C23H22N6O. The van der Waals surface area contributed by atoms with E-state index in [4.69, 9.17) is 0 Å². The van der Waals surface area contributed by atoms with E-state index in [1.165, 1.54) is 22.7 Å². The van der Waals surface area contributed by atoms with Gasteiger partial charge in [0, 0.05) is 38.3 Å². The van der Waals surface area contributed by atoms with Crippen molar-refractivity contribution < 1.29 is 4.79 Å². The second-order valence-corrected chi connectivity index (χ2v) is 7.51. The Hall–Kier alpha value is -3.58. The first-order chi connectivity index (χ1) is 14.8. The SMILES string of the molecule is O=C(c1ccc(-n2cnnn2)cc1)N1CCN(Cc2cccc3ccccc23)CC1. The Morgan fingerprint density at radius 1 is 0.867 bits per heavy atom. The highest BCUT2D eigenvalue weighted by Crippen LogP contribution is 2.21. The van der Waals surface area contributed by atoms with Crippen LogP contribution in [0.3, 0.4) is 0 Å². The molecule has 0 spiro atoms. The predicted octanol–water partition coefficient (Wildman–Crippen LogP) is 2.77. The first-order valence-electron chi connectivity index (χ1n) is 10.1. The summed E-state index contributed by atoms with van der Waals surface area (Å²) in [6.45, 7) is 4.12. The van der Waals surface area contributed by atoms with Gasteiger partial charge in [-0.25, -0.2) is 4.68 Å². The summed E-state index contributed by atoms with van der Waals surface area (Å²) >= 11 is 0. The summed E-state index contributed by atoms with van der Waals surface area (Å²) < 4.78 is 1.57. The molecule has 1 aliphatic rings. The number of nitrogens with zero attached hydrogens (tertiary/aromatic N) is 6. The van der Waals surface area contributed by atoms with Crippen LogP contribution in [0, 0.1) is 0 Å². The van der Waals surface area contributed by atoms with Crippen LogP contribution in [0.1, 0.15) is 15.9 Å². The fourth-order valence-electron chi connectivity index (χ4n) is 4.00. The molecule has 4 aromatic rings. The number of amides is 1. The minimum Gasteiger partial charge on any atom is -0.336 e. The van der Waals surface area contributed by atoms with Gasteiger partial charge in [-0.1, -0.05) is 42.5 Å². The smallest absolute Gasteiger partial charge is 0.253 e. The predicted molar refractivity (Wildman–Crippen MR) is 114 cm³/mol. The maximum absolute atomic E-state index is 12.9. The lowest BCUT2D eigenvalue weighted by molar-refractivity contribution is 0.0629. The lowest BCUT2D eigenvalue weighted by Gasteiger charge is -2.35. The maximum atomic E-state index is 12.9. The molecule has 0 aliphatic carbocycles. The van der Waals surface area contributed by atoms with Crippen molar-refractivity contribution in [2.45, 2.75) is 6.54 Å². The van der Waals surface area contributed by atoms with Crippen LogP contribution in [0.15, 0.2) is 73.1 Å². The van der Waals surface area contributed by atoms with E-state index < -0.39 is 0 Å². The molecular weight excluding hydrogens is 376 g/mol. The molecule has 1 amide bonds. The zero-order chi connectivity index (χ0) is 20.3. The van der Waals surface area contributed by atoms with Crippen LogP contribution in [0.4, 0.5) is 0 Å². The van der Waals surface area contributed by atoms with Crippen molar-refractivity contribution >= 4 is 16.7 Å². The first-order valence-corrected chi connectivity index (χ1v) is 10.1. The fraction of sp³-hybridized carbons (Fsp3) is 0.217. The molecule has 1 aromatic heterocycles. The summed E-state index contributed by atoms with van der Waals surface area (Å²) in [4.78, 5) is 17.3. The van der Waals surface area contributed by atoms with Gasteiger partial charge in [0.15, 0.2) is 0 Å².